The van der Waals surface area contributed by atoms with Crippen LogP contribution in [0.25, 0.3) is 11.0 Å². The average molecular weight is 419 g/mol. The number of benzene rings is 1. The summed E-state index contributed by atoms with van der Waals surface area (Å²) in [6, 6.07) is 8.40. The van der Waals surface area contributed by atoms with Crippen molar-refractivity contribution >= 4 is 32.7 Å². The molecule has 0 atom stereocenters. The van der Waals surface area contributed by atoms with Crippen LogP contribution in [0.4, 0.5) is 0 Å². The standard InChI is InChI=1S/C20H21NO7S/c1-12-15(20(23)26-3)9-13(27-12)10-21(2)19(22)18-16(11-29(4,24)25)14-7-5-6-8-17(14)28-18/h5-9H,10-11H2,1-4H3. The minimum absolute atomic E-state index is 0.0319. The first-order valence-corrected chi connectivity index (χ1v) is 10.8. The first-order chi connectivity index (χ1) is 13.6. The Labute approximate surface area is 168 Å². The molecule has 154 valence electrons. The Morgan fingerprint density at radius 3 is 2.52 bits per heavy atom. The lowest BCUT2D eigenvalue weighted by Crippen LogP contribution is -2.26. The number of rotatable bonds is 6. The summed E-state index contributed by atoms with van der Waals surface area (Å²) < 4.78 is 39.7. The molecule has 0 bridgehead atoms. The molecule has 0 spiro atoms. The zero-order valence-corrected chi connectivity index (χ0v) is 17.3. The van der Waals surface area contributed by atoms with Crippen LogP contribution in [0, 0.1) is 6.92 Å². The van der Waals surface area contributed by atoms with Crippen molar-refractivity contribution in [2.75, 3.05) is 20.4 Å². The molecule has 1 aromatic carbocycles. The fraction of sp³-hybridized carbons (Fsp3) is 0.300. The summed E-state index contributed by atoms with van der Waals surface area (Å²) in [5, 5.41) is 0.580. The number of ether oxygens (including phenoxy) is 1. The number of fused-ring (bicyclic) bond motifs is 1. The quantitative estimate of drug-likeness (QED) is 0.565. The highest BCUT2D eigenvalue weighted by molar-refractivity contribution is 7.89. The predicted octanol–water partition coefficient (Wildman–Crippen LogP) is 2.94. The molecule has 0 aliphatic heterocycles. The van der Waals surface area contributed by atoms with E-state index < -0.39 is 21.7 Å². The second-order valence-electron chi connectivity index (χ2n) is 6.81. The van der Waals surface area contributed by atoms with Gasteiger partial charge in [0.05, 0.1) is 19.4 Å². The van der Waals surface area contributed by atoms with E-state index >= 15 is 0 Å². The molecule has 0 unspecified atom stereocenters. The van der Waals surface area contributed by atoms with Crippen LogP contribution in [0.2, 0.25) is 0 Å². The number of hydrogen-bond acceptors (Lipinski definition) is 7. The molecule has 0 aliphatic carbocycles. The van der Waals surface area contributed by atoms with Gasteiger partial charge in [0.1, 0.15) is 22.7 Å². The number of nitrogens with zero attached hydrogens (tertiary/aromatic N) is 1. The summed E-state index contributed by atoms with van der Waals surface area (Å²) in [6.07, 6.45) is 1.10. The molecule has 1 amide bonds. The van der Waals surface area contributed by atoms with Crippen LogP contribution in [0.1, 0.15) is 38.0 Å². The second kappa shape index (κ2) is 7.75. The highest BCUT2D eigenvalue weighted by atomic mass is 32.2. The van der Waals surface area contributed by atoms with Gasteiger partial charge >= 0.3 is 5.97 Å². The van der Waals surface area contributed by atoms with Crippen LogP contribution in [0.15, 0.2) is 39.2 Å². The zero-order chi connectivity index (χ0) is 21.3. The van der Waals surface area contributed by atoms with E-state index in [4.69, 9.17) is 13.6 Å². The molecule has 0 saturated carbocycles. The van der Waals surface area contributed by atoms with Crippen LogP contribution in [-0.2, 0) is 26.9 Å². The van der Waals surface area contributed by atoms with Gasteiger partial charge in [0, 0.05) is 24.3 Å². The number of carbonyl (C=O) groups excluding carboxylic acids is 2. The van der Waals surface area contributed by atoms with Gasteiger partial charge in [-0.1, -0.05) is 18.2 Å². The van der Waals surface area contributed by atoms with Crippen LogP contribution in [0.3, 0.4) is 0 Å². The van der Waals surface area contributed by atoms with E-state index in [1.165, 1.54) is 25.1 Å². The van der Waals surface area contributed by atoms with E-state index in [9.17, 15) is 18.0 Å². The summed E-state index contributed by atoms with van der Waals surface area (Å²) in [6.45, 7) is 1.69. The zero-order valence-electron chi connectivity index (χ0n) is 16.5. The molecule has 3 rings (SSSR count). The lowest BCUT2D eigenvalue weighted by atomic mass is 10.1. The number of aryl methyl sites for hydroxylation is 1. The minimum Gasteiger partial charge on any atom is -0.465 e. The van der Waals surface area contributed by atoms with Crippen LogP contribution < -0.4 is 0 Å². The largest absolute Gasteiger partial charge is 0.465 e. The van der Waals surface area contributed by atoms with E-state index in [0.29, 0.717) is 28.1 Å². The number of carbonyl (C=O) groups is 2. The second-order valence-corrected chi connectivity index (χ2v) is 8.95. The Morgan fingerprint density at radius 2 is 1.86 bits per heavy atom. The fourth-order valence-electron chi connectivity index (χ4n) is 3.09. The maximum absolute atomic E-state index is 13.0. The van der Waals surface area contributed by atoms with Crippen LogP contribution >= 0.6 is 0 Å². The maximum atomic E-state index is 13.0. The van der Waals surface area contributed by atoms with Gasteiger partial charge in [-0.15, -0.1) is 0 Å². The molecule has 0 N–H and O–H groups in total. The van der Waals surface area contributed by atoms with Crippen molar-refractivity contribution in [1.82, 2.24) is 4.90 Å². The smallest absolute Gasteiger partial charge is 0.341 e. The van der Waals surface area contributed by atoms with Gasteiger partial charge in [-0.05, 0) is 19.1 Å². The molecular weight excluding hydrogens is 398 g/mol. The number of methoxy groups -OCH3 is 1. The summed E-state index contributed by atoms with van der Waals surface area (Å²) >= 11 is 0. The number of hydrogen-bond donors (Lipinski definition) is 0. The molecule has 9 heteroatoms. The number of furan rings is 2. The van der Waals surface area contributed by atoms with Gasteiger partial charge in [0.25, 0.3) is 5.91 Å². The molecule has 0 aliphatic rings. The lowest BCUT2D eigenvalue weighted by molar-refractivity contribution is 0.0598. The summed E-state index contributed by atoms with van der Waals surface area (Å²) in [7, 11) is -0.585. The monoisotopic (exact) mass is 419 g/mol. The van der Waals surface area contributed by atoms with Crippen molar-refractivity contribution in [3.8, 4) is 0 Å². The van der Waals surface area contributed by atoms with Gasteiger partial charge in [0.15, 0.2) is 15.6 Å². The Hall–Kier alpha value is -3.07. The van der Waals surface area contributed by atoms with Gasteiger partial charge in [0.2, 0.25) is 0 Å². The topological polar surface area (TPSA) is 107 Å². The van der Waals surface area contributed by atoms with Crippen molar-refractivity contribution in [3.05, 3.63) is 58.7 Å². The molecule has 3 aromatic rings. The third-order valence-corrected chi connectivity index (χ3v) is 5.23. The molecule has 0 radical (unpaired) electrons. The number of amides is 1. The highest BCUT2D eigenvalue weighted by Gasteiger charge is 2.26. The Balaban J connectivity index is 1.93. The SMILES string of the molecule is COC(=O)c1cc(CN(C)C(=O)c2oc3ccccc3c2CS(C)(=O)=O)oc1C. The molecule has 29 heavy (non-hydrogen) atoms. The minimum atomic E-state index is -3.39. The summed E-state index contributed by atoms with van der Waals surface area (Å²) in [5.74, 6) is -0.595. The van der Waals surface area contributed by atoms with Gasteiger partial charge in [-0.25, -0.2) is 13.2 Å². The molecule has 2 aromatic heterocycles. The van der Waals surface area contributed by atoms with Crippen molar-refractivity contribution in [3.63, 3.8) is 0 Å². The average Bonchev–Trinajstić information content (AvgIpc) is 3.19. The van der Waals surface area contributed by atoms with Gasteiger partial charge in [-0.2, -0.15) is 0 Å². The van der Waals surface area contributed by atoms with Crippen molar-refractivity contribution in [1.29, 1.82) is 0 Å². The van der Waals surface area contributed by atoms with E-state index in [0.717, 1.165) is 6.26 Å². The third kappa shape index (κ3) is 4.34. The third-order valence-electron chi connectivity index (χ3n) is 4.41. The number of esters is 1. The molecule has 8 nitrogen and oxygen atoms in total. The fourth-order valence-corrected chi connectivity index (χ4v) is 3.90. The van der Waals surface area contributed by atoms with Crippen molar-refractivity contribution in [2.24, 2.45) is 0 Å². The number of sulfone groups is 1. The van der Waals surface area contributed by atoms with Crippen molar-refractivity contribution in [2.45, 2.75) is 19.2 Å². The Bertz CT molecular complexity index is 1190. The molecule has 0 fully saturated rings. The number of para-hydroxylation sites is 1. The predicted molar refractivity (Wildman–Crippen MR) is 105 cm³/mol. The van der Waals surface area contributed by atoms with E-state index in [2.05, 4.69) is 0 Å². The Morgan fingerprint density at radius 1 is 1.17 bits per heavy atom. The normalized spacial score (nSPS) is 11.6. The van der Waals surface area contributed by atoms with Crippen LogP contribution in [0.5, 0.6) is 0 Å². The van der Waals surface area contributed by atoms with Gasteiger partial charge in [-0.3, -0.25) is 4.79 Å². The molecule has 0 saturated heterocycles. The first kappa shape index (κ1) is 20.7. The molecule has 2 heterocycles. The van der Waals surface area contributed by atoms with Crippen LogP contribution in [-0.4, -0.2) is 45.6 Å². The highest BCUT2D eigenvalue weighted by Crippen LogP contribution is 2.29. The maximum Gasteiger partial charge on any atom is 0.341 e. The first-order valence-electron chi connectivity index (χ1n) is 8.72. The van der Waals surface area contributed by atoms with E-state index in [1.54, 1.807) is 31.2 Å². The van der Waals surface area contributed by atoms with Gasteiger partial charge < -0.3 is 18.5 Å². The van der Waals surface area contributed by atoms with E-state index in [-0.39, 0.29) is 23.6 Å². The lowest BCUT2D eigenvalue weighted by Gasteiger charge is -2.15. The summed E-state index contributed by atoms with van der Waals surface area (Å²) in [5.41, 5.74) is 1.04. The molecular formula is C20H21NO7S. The van der Waals surface area contributed by atoms with E-state index in [1.807, 2.05) is 0 Å². The summed E-state index contributed by atoms with van der Waals surface area (Å²) in [4.78, 5) is 26.1. The van der Waals surface area contributed by atoms with Crippen molar-refractivity contribution < 1.29 is 31.6 Å². The Kier molecular flexibility index (Phi) is 5.52.